The summed E-state index contributed by atoms with van der Waals surface area (Å²) in [5.41, 5.74) is 1.88. The van der Waals surface area contributed by atoms with Gasteiger partial charge in [-0.25, -0.2) is 0 Å². The smallest absolute Gasteiger partial charge is 0.235 e. The van der Waals surface area contributed by atoms with E-state index in [0.717, 1.165) is 39.0 Å². The second-order valence-electron chi connectivity index (χ2n) is 7.19. The molecule has 1 aromatic carbocycles. The maximum atomic E-state index is 12.3. The number of carbonyl (C=O) groups is 1. The molecule has 1 saturated heterocycles. The molecule has 1 amide bonds. The van der Waals surface area contributed by atoms with Crippen LogP contribution in [0.5, 0.6) is 0 Å². The van der Waals surface area contributed by atoms with Crippen LogP contribution in [-0.2, 0) is 4.79 Å². The zero-order valence-corrected chi connectivity index (χ0v) is 14.6. The number of amides is 1. The fourth-order valence-electron chi connectivity index (χ4n) is 3.48. The number of hydrogen-bond acceptors (Lipinski definition) is 4. The maximum Gasteiger partial charge on any atom is 0.235 e. The van der Waals surface area contributed by atoms with E-state index in [0.29, 0.717) is 12.5 Å². The molecule has 1 aromatic rings. The molecule has 1 atom stereocenters. The Hall–Kier alpha value is -2.06. The van der Waals surface area contributed by atoms with Gasteiger partial charge in [0.1, 0.15) is 5.54 Å². The summed E-state index contributed by atoms with van der Waals surface area (Å²) >= 11 is 0. The Bertz CT molecular complexity index is 641. The molecule has 0 spiro atoms. The normalized spacial score (nSPS) is 21.0. The number of nitrogens with one attached hydrogen (secondary N) is 1. The summed E-state index contributed by atoms with van der Waals surface area (Å²) in [6, 6.07) is 10.7. The Labute approximate surface area is 144 Å². The van der Waals surface area contributed by atoms with E-state index >= 15 is 0 Å². The van der Waals surface area contributed by atoms with Gasteiger partial charge in [-0.2, -0.15) is 5.26 Å². The van der Waals surface area contributed by atoms with Gasteiger partial charge in [-0.05, 0) is 44.2 Å². The fraction of sp³-hybridized carbons (Fsp3) is 0.579. The minimum atomic E-state index is -0.694. The Morgan fingerprint density at radius 3 is 2.54 bits per heavy atom. The van der Waals surface area contributed by atoms with Gasteiger partial charge in [0.05, 0.1) is 12.6 Å². The van der Waals surface area contributed by atoms with Crippen molar-refractivity contribution in [2.45, 2.75) is 32.2 Å². The topological polar surface area (TPSA) is 59.4 Å². The summed E-state index contributed by atoms with van der Waals surface area (Å²) in [7, 11) is 0. The van der Waals surface area contributed by atoms with Gasteiger partial charge in [0.25, 0.3) is 0 Å². The zero-order chi connectivity index (χ0) is 17.2. The standard InChI is InChI=1S/C19H26N4O/c1-15-5-3-4-6-17(15)23-11-9-22(10-12-23)13-18(24)21-19(2,14-20)16-7-8-16/h3-6,16H,7-13H2,1-2H3,(H,21,24)/t19-/m1/s1. The molecule has 5 nitrogen and oxygen atoms in total. The molecule has 2 aliphatic rings. The lowest BCUT2D eigenvalue weighted by Crippen LogP contribution is -2.53. The van der Waals surface area contributed by atoms with Gasteiger partial charge >= 0.3 is 0 Å². The third-order valence-electron chi connectivity index (χ3n) is 5.22. The number of aryl methyl sites for hydroxylation is 1. The van der Waals surface area contributed by atoms with Crippen molar-refractivity contribution < 1.29 is 4.79 Å². The van der Waals surface area contributed by atoms with E-state index in [-0.39, 0.29) is 5.91 Å². The average Bonchev–Trinajstić information content (AvgIpc) is 3.41. The number of nitriles is 1. The first kappa shape index (κ1) is 16.8. The molecular formula is C19H26N4O. The van der Waals surface area contributed by atoms with Crippen LogP contribution in [-0.4, -0.2) is 49.1 Å². The van der Waals surface area contributed by atoms with E-state index in [1.807, 2.05) is 6.92 Å². The van der Waals surface area contributed by atoms with Crippen LogP contribution in [0.1, 0.15) is 25.3 Å². The minimum Gasteiger partial charge on any atom is -0.369 e. The van der Waals surface area contributed by atoms with Crippen molar-refractivity contribution >= 4 is 11.6 Å². The molecule has 128 valence electrons. The number of carbonyl (C=O) groups excluding carboxylic acids is 1. The Kier molecular flexibility index (Phi) is 4.77. The van der Waals surface area contributed by atoms with Crippen molar-refractivity contribution in [1.29, 1.82) is 5.26 Å². The second kappa shape index (κ2) is 6.82. The number of piperazine rings is 1. The zero-order valence-electron chi connectivity index (χ0n) is 14.6. The molecule has 1 saturated carbocycles. The first-order valence-electron chi connectivity index (χ1n) is 8.77. The van der Waals surface area contributed by atoms with Gasteiger partial charge < -0.3 is 10.2 Å². The quantitative estimate of drug-likeness (QED) is 0.898. The first-order valence-corrected chi connectivity index (χ1v) is 8.77. The van der Waals surface area contributed by atoms with Crippen molar-refractivity contribution in [3.63, 3.8) is 0 Å². The molecule has 2 fully saturated rings. The molecule has 0 bridgehead atoms. The largest absolute Gasteiger partial charge is 0.369 e. The van der Waals surface area contributed by atoms with E-state index < -0.39 is 5.54 Å². The summed E-state index contributed by atoms with van der Waals surface area (Å²) < 4.78 is 0. The fourth-order valence-corrected chi connectivity index (χ4v) is 3.48. The first-order chi connectivity index (χ1) is 11.5. The lowest BCUT2D eigenvalue weighted by atomic mass is 9.98. The van der Waals surface area contributed by atoms with Crippen LogP contribution in [0, 0.1) is 24.2 Å². The highest BCUT2D eigenvalue weighted by atomic mass is 16.2. The van der Waals surface area contributed by atoms with Crippen LogP contribution in [0.15, 0.2) is 24.3 Å². The van der Waals surface area contributed by atoms with E-state index in [9.17, 15) is 10.1 Å². The third-order valence-corrected chi connectivity index (χ3v) is 5.22. The summed E-state index contributed by atoms with van der Waals surface area (Å²) in [4.78, 5) is 16.9. The molecular weight excluding hydrogens is 300 g/mol. The molecule has 1 heterocycles. The Morgan fingerprint density at radius 1 is 1.29 bits per heavy atom. The maximum absolute atomic E-state index is 12.3. The lowest BCUT2D eigenvalue weighted by Gasteiger charge is -2.36. The highest BCUT2D eigenvalue weighted by molar-refractivity contribution is 5.79. The molecule has 1 N–H and O–H groups in total. The Morgan fingerprint density at radius 2 is 1.96 bits per heavy atom. The van der Waals surface area contributed by atoms with Crippen LogP contribution in [0.4, 0.5) is 5.69 Å². The highest BCUT2D eigenvalue weighted by Gasteiger charge is 2.43. The SMILES string of the molecule is Cc1ccccc1N1CCN(CC(=O)N[C@](C)(C#N)C2CC2)CC1. The number of para-hydroxylation sites is 1. The Balaban J connectivity index is 1.50. The number of rotatable bonds is 5. The lowest BCUT2D eigenvalue weighted by molar-refractivity contribution is -0.123. The number of nitrogens with zero attached hydrogens (tertiary/aromatic N) is 3. The van der Waals surface area contributed by atoms with Gasteiger partial charge in [-0.15, -0.1) is 0 Å². The number of benzene rings is 1. The van der Waals surface area contributed by atoms with Crippen molar-refractivity contribution in [1.82, 2.24) is 10.2 Å². The van der Waals surface area contributed by atoms with Gasteiger partial charge in [0.15, 0.2) is 0 Å². The monoisotopic (exact) mass is 326 g/mol. The molecule has 0 unspecified atom stereocenters. The van der Waals surface area contributed by atoms with Gasteiger partial charge in [0, 0.05) is 31.9 Å². The van der Waals surface area contributed by atoms with E-state index in [4.69, 9.17) is 0 Å². The summed E-state index contributed by atoms with van der Waals surface area (Å²) in [6.45, 7) is 7.95. The molecule has 5 heteroatoms. The summed E-state index contributed by atoms with van der Waals surface area (Å²) in [5.74, 6) is 0.291. The molecule has 3 rings (SSSR count). The van der Waals surface area contributed by atoms with Crippen LogP contribution in [0.3, 0.4) is 0 Å². The van der Waals surface area contributed by atoms with Crippen molar-refractivity contribution in [3.8, 4) is 6.07 Å². The van der Waals surface area contributed by atoms with Crippen LogP contribution < -0.4 is 10.2 Å². The van der Waals surface area contributed by atoms with Gasteiger partial charge in [-0.1, -0.05) is 18.2 Å². The van der Waals surface area contributed by atoms with Crippen LogP contribution in [0.2, 0.25) is 0 Å². The molecule has 1 aliphatic carbocycles. The van der Waals surface area contributed by atoms with Gasteiger partial charge in [0.2, 0.25) is 5.91 Å². The average molecular weight is 326 g/mol. The number of anilines is 1. The third kappa shape index (κ3) is 3.70. The van der Waals surface area contributed by atoms with E-state index in [2.05, 4.69) is 52.4 Å². The molecule has 0 radical (unpaired) electrons. The van der Waals surface area contributed by atoms with Crippen LogP contribution in [0.25, 0.3) is 0 Å². The molecule has 1 aliphatic heterocycles. The summed E-state index contributed by atoms with van der Waals surface area (Å²) in [6.07, 6.45) is 2.08. The molecule has 0 aromatic heterocycles. The van der Waals surface area contributed by atoms with E-state index in [1.165, 1.54) is 11.3 Å². The molecule has 24 heavy (non-hydrogen) atoms. The van der Waals surface area contributed by atoms with E-state index in [1.54, 1.807) is 0 Å². The predicted molar refractivity (Wildman–Crippen MR) is 94.7 cm³/mol. The number of hydrogen-bond donors (Lipinski definition) is 1. The van der Waals surface area contributed by atoms with Gasteiger partial charge in [-0.3, -0.25) is 9.69 Å². The van der Waals surface area contributed by atoms with Crippen LogP contribution >= 0.6 is 0 Å². The predicted octanol–water partition coefficient (Wildman–Crippen LogP) is 1.93. The second-order valence-corrected chi connectivity index (χ2v) is 7.19. The van der Waals surface area contributed by atoms with Crippen molar-refractivity contribution in [3.05, 3.63) is 29.8 Å². The van der Waals surface area contributed by atoms with Crippen molar-refractivity contribution in [2.24, 2.45) is 5.92 Å². The minimum absolute atomic E-state index is 0.0321. The highest BCUT2D eigenvalue weighted by Crippen LogP contribution is 2.39. The van der Waals surface area contributed by atoms with Crippen molar-refractivity contribution in [2.75, 3.05) is 37.6 Å². The summed E-state index contributed by atoms with van der Waals surface area (Å²) in [5, 5.41) is 12.3.